The van der Waals surface area contributed by atoms with Crippen molar-refractivity contribution in [1.82, 2.24) is 5.32 Å². The van der Waals surface area contributed by atoms with E-state index in [1.54, 1.807) is 12.1 Å². The number of amides is 1. The van der Waals surface area contributed by atoms with Crippen LogP contribution in [0.15, 0.2) is 29.2 Å². The molecule has 8 nitrogen and oxygen atoms in total. The fourth-order valence-corrected chi connectivity index (χ4v) is 3.36. The number of carbonyl (C=O) groups excluding carboxylic acids is 2. The van der Waals surface area contributed by atoms with Crippen LogP contribution in [-0.4, -0.2) is 44.2 Å². The zero-order valence-electron chi connectivity index (χ0n) is 14.4. The number of nitrogens with two attached hydrogens (primary N) is 1. The average Bonchev–Trinajstić information content (AvgIpc) is 2.60. The summed E-state index contributed by atoms with van der Waals surface area (Å²) in [4.78, 5) is 23.7. The fraction of sp³-hybridized carbons (Fsp3) is 0.529. The molecule has 1 aromatic carbocycles. The first kappa shape index (κ1) is 20.3. The number of primary sulfonamides is 1. The maximum absolute atomic E-state index is 11.9. The first-order valence-corrected chi connectivity index (χ1v) is 10.0. The van der Waals surface area contributed by atoms with Crippen molar-refractivity contribution in [2.75, 3.05) is 13.2 Å². The van der Waals surface area contributed by atoms with Gasteiger partial charge >= 0.3 is 5.97 Å². The van der Waals surface area contributed by atoms with Crippen LogP contribution in [0, 0.1) is 0 Å². The van der Waals surface area contributed by atoms with Gasteiger partial charge in [-0.05, 0) is 49.8 Å². The Labute approximate surface area is 152 Å². The third-order valence-electron chi connectivity index (χ3n) is 4.38. The third-order valence-corrected chi connectivity index (χ3v) is 5.31. The average molecular weight is 384 g/mol. The molecule has 1 aromatic rings. The van der Waals surface area contributed by atoms with Crippen molar-refractivity contribution in [3.63, 3.8) is 0 Å². The maximum Gasteiger partial charge on any atom is 0.338 e. The minimum Gasteiger partial charge on any atom is -0.453 e. The summed E-state index contributed by atoms with van der Waals surface area (Å²) in [6.45, 7) is -0.138. The van der Waals surface area contributed by atoms with Crippen LogP contribution < -0.4 is 10.5 Å². The minimum absolute atomic E-state index is 0.0258. The standard InChI is InChI=1S/C17H24N2O6S/c18-26(23,24)14-6-4-13(5-7-14)8-11-19-15(20)12-25-16(21)17(22)9-2-1-3-10-17/h4-7,22H,1-3,8-12H2,(H,19,20)(H2,18,23,24). The summed E-state index contributed by atoms with van der Waals surface area (Å²) >= 11 is 0. The summed E-state index contributed by atoms with van der Waals surface area (Å²) in [6, 6.07) is 6.04. The molecule has 0 unspecified atom stereocenters. The van der Waals surface area contributed by atoms with Crippen LogP contribution in [0.1, 0.15) is 37.7 Å². The van der Waals surface area contributed by atoms with Crippen molar-refractivity contribution in [3.8, 4) is 0 Å². The number of hydrogen-bond donors (Lipinski definition) is 3. The number of hydrogen-bond acceptors (Lipinski definition) is 6. The van der Waals surface area contributed by atoms with E-state index in [1.807, 2.05) is 0 Å². The van der Waals surface area contributed by atoms with Gasteiger partial charge in [0.05, 0.1) is 4.90 Å². The second-order valence-corrected chi connectivity index (χ2v) is 8.02. The molecule has 4 N–H and O–H groups in total. The highest BCUT2D eigenvalue weighted by Gasteiger charge is 2.38. The molecule has 144 valence electrons. The lowest BCUT2D eigenvalue weighted by molar-refractivity contribution is -0.170. The second kappa shape index (κ2) is 8.61. The molecule has 0 spiro atoms. The van der Waals surface area contributed by atoms with Gasteiger partial charge in [-0.15, -0.1) is 0 Å². The van der Waals surface area contributed by atoms with E-state index < -0.39 is 34.1 Å². The van der Waals surface area contributed by atoms with Crippen molar-refractivity contribution in [1.29, 1.82) is 0 Å². The molecule has 1 saturated carbocycles. The Hall–Kier alpha value is -1.97. The molecule has 0 bridgehead atoms. The van der Waals surface area contributed by atoms with Gasteiger partial charge in [-0.25, -0.2) is 18.4 Å². The highest BCUT2D eigenvalue weighted by molar-refractivity contribution is 7.89. The Morgan fingerprint density at radius 1 is 1.15 bits per heavy atom. The van der Waals surface area contributed by atoms with E-state index in [9.17, 15) is 23.1 Å². The van der Waals surface area contributed by atoms with Crippen LogP contribution in [0.4, 0.5) is 0 Å². The molecule has 0 heterocycles. The lowest BCUT2D eigenvalue weighted by Crippen LogP contribution is -2.43. The summed E-state index contributed by atoms with van der Waals surface area (Å²) in [6.07, 6.45) is 3.72. The normalized spacial score (nSPS) is 16.7. The first-order chi connectivity index (χ1) is 12.2. The zero-order valence-corrected chi connectivity index (χ0v) is 15.3. The quantitative estimate of drug-likeness (QED) is 0.576. The van der Waals surface area contributed by atoms with Crippen LogP contribution in [0.25, 0.3) is 0 Å². The highest BCUT2D eigenvalue weighted by Crippen LogP contribution is 2.28. The van der Waals surface area contributed by atoms with E-state index in [4.69, 9.17) is 9.88 Å². The molecule has 9 heteroatoms. The van der Waals surface area contributed by atoms with Crippen molar-refractivity contribution in [2.24, 2.45) is 5.14 Å². The third kappa shape index (κ3) is 5.79. The number of rotatable bonds is 7. The summed E-state index contributed by atoms with van der Waals surface area (Å²) in [5.41, 5.74) is -0.643. The van der Waals surface area contributed by atoms with E-state index in [0.29, 0.717) is 25.8 Å². The molecule has 26 heavy (non-hydrogen) atoms. The molecule has 1 aliphatic carbocycles. The zero-order chi connectivity index (χ0) is 19.2. The van der Waals surface area contributed by atoms with Crippen molar-refractivity contribution < 1.29 is 27.9 Å². The molecule has 0 aromatic heterocycles. The van der Waals surface area contributed by atoms with Crippen LogP contribution in [-0.2, 0) is 30.8 Å². The number of ether oxygens (including phenoxy) is 1. The minimum atomic E-state index is -3.72. The molecule has 1 aliphatic rings. The summed E-state index contributed by atoms with van der Waals surface area (Å²) in [5.74, 6) is -1.20. The SMILES string of the molecule is NS(=O)(=O)c1ccc(CCNC(=O)COC(=O)C2(O)CCCCC2)cc1. The molecule has 1 fully saturated rings. The molecule has 1 amide bonds. The molecule has 2 rings (SSSR count). The van der Waals surface area contributed by atoms with Crippen molar-refractivity contribution in [3.05, 3.63) is 29.8 Å². The molecule has 0 radical (unpaired) electrons. The summed E-state index contributed by atoms with van der Waals surface area (Å²) in [7, 11) is -3.72. The summed E-state index contributed by atoms with van der Waals surface area (Å²) in [5, 5.41) is 17.8. The van der Waals surface area contributed by atoms with E-state index in [2.05, 4.69) is 5.32 Å². The Balaban J connectivity index is 1.71. The number of carbonyl (C=O) groups is 2. The Morgan fingerprint density at radius 3 is 2.35 bits per heavy atom. The molecule has 0 aliphatic heterocycles. The predicted octanol–water partition coefficient (Wildman–Crippen LogP) is 0.231. The fourth-order valence-electron chi connectivity index (χ4n) is 2.85. The van der Waals surface area contributed by atoms with Gasteiger partial charge in [-0.3, -0.25) is 4.79 Å². The van der Waals surface area contributed by atoms with Gasteiger partial charge in [-0.1, -0.05) is 18.6 Å². The largest absolute Gasteiger partial charge is 0.453 e. The van der Waals surface area contributed by atoms with Gasteiger partial charge in [0, 0.05) is 6.54 Å². The monoisotopic (exact) mass is 384 g/mol. The van der Waals surface area contributed by atoms with E-state index in [1.165, 1.54) is 12.1 Å². The van der Waals surface area contributed by atoms with E-state index in [0.717, 1.165) is 24.8 Å². The van der Waals surface area contributed by atoms with Gasteiger partial charge in [0.15, 0.2) is 12.2 Å². The van der Waals surface area contributed by atoms with Gasteiger partial charge in [0.1, 0.15) is 0 Å². The van der Waals surface area contributed by atoms with Crippen LogP contribution in [0.2, 0.25) is 0 Å². The van der Waals surface area contributed by atoms with Gasteiger partial charge in [0.2, 0.25) is 10.0 Å². The van der Waals surface area contributed by atoms with Crippen molar-refractivity contribution in [2.45, 2.75) is 49.0 Å². The Kier molecular flexibility index (Phi) is 6.74. The number of aliphatic hydroxyl groups is 1. The van der Waals surface area contributed by atoms with E-state index in [-0.39, 0.29) is 4.90 Å². The second-order valence-electron chi connectivity index (χ2n) is 6.46. The van der Waals surface area contributed by atoms with Gasteiger partial charge < -0.3 is 15.2 Å². The topological polar surface area (TPSA) is 136 Å². The Morgan fingerprint density at radius 2 is 1.77 bits per heavy atom. The number of benzene rings is 1. The van der Waals surface area contributed by atoms with Crippen molar-refractivity contribution >= 4 is 21.9 Å². The van der Waals surface area contributed by atoms with Gasteiger partial charge in [-0.2, -0.15) is 0 Å². The lowest BCUT2D eigenvalue weighted by Gasteiger charge is -2.29. The molecular formula is C17H24N2O6S. The predicted molar refractivity (Wildman–Crippen MR) is 93.5 cm³/mol. The number of nitrogens with one attached hydrogen (secondary N) is 1. The highest BCUT2D eigenvalue weighted by atomic mass is 32.2. The molecular weight excluding hydrogens is 360 g/mol. The van der Waals surface area contributed by atoms with Crippen LogP contribution in [0.3, 0.4) is 0 Å². The van der Waals surface area contributed by atoms with Gasteiger partial charge in [0.25, 0.3) is 5.91 Å². The molecule has 0 saturated heterocycles. The smallest absolute Gasteiger partial charge is 0.338 e. The van der Waals surface area contributed by atoms with Crippen LogP contribution in [0.5, 0.6) is 0 Å². The van der Waals surface area contributed by atoms with E-state index >= 15 is 0 Å². The van der Waals surface area contributed by atoms with Crippen LogP contribution >= 0.6 is 0 Å². The number of esters is 1. The number of sulfonamides is 1. The maximum atomic E-state index is 11.9. The molecule has 0 atom stereocenters. The summed E-state index contributed by atoms with van der Waals surface area (Å²) < 4.78 is 27.3. The first-order valence-electron chi connectivity index (χ1n) is 8.49. The Bertz CT molecular complexity index is 739. The lowest BCUT2D eigenvalue weighted by atomic mass is 9.85.